The maximum Gasteiger partial charge on any atom is 0.408 e. The number of rotatable bonds is 7. The Kier molecular flexibility index (Phi) is 6.78. The monoisotopic (exact) mass is 355 g/mol. The number of nitrogens with one attached hydrogen (secondary N) is 1. The molecule has 0 saturated heterocycles. The molecule has 1 unspecified atom stereocenters. The van der Waals surface area contributed by atoms with E-state index in [0.717, 1.165) is 16.9 Å². The van der Waals surface area contributed by atoms with E-state index < -0.39 is 17.7 Å². The van der Waals surface area contributed by atoms with Crippen LogP contribution in [-0.4, -0.2) is 24.0 Å². The topological polar surface area (TPSA) is 64.6 Å². The zero-order valence-corrected chi connectivity index (χ0v) is 15.4. The number of aldehydes is 1. The first-order valence-electron chi connectivity index (χ1n) is 8.56. The second kappa shape index (κ2) is 9.04. The van der Waals surface area contributed by atoms with Crippen molar-refractivity contribution in [3.63, 3.8) is 0 Å². The molecule has 26 heavy (non-hydrogen) atoms. The molecule has 0 bridgehead atoms. The second-order valence-electron chi connectivity index (χ2n) is 7.01. The maximum atomic E-state index is 11.8. The predicted octanol–water partition coefficient (Wildman–Crippen LogP) is 3.90. The van der Waals surface area contributed by atoms with Gasteiger partial charge in [-0.25, -0.2) is 4.79 Å². The first-order valence-corrected chi connectivity index (χ1v) is 8.56. The molecule has 0 aromatic heterocycles. The van der Waals surface area contributed by atoms with E-state index in [0.29, 0.717) is 19.3 Å². The van der Waals surface area contributed by atoms with Gasteiger partial charge in [0, 0.05) is 0 Å². The van der Waals surface area contributed by atoms with Gasteiger partial charge in [-0.3, -0.25) is 0 Å². The quantitative estimate of drug-likeness (QED) is 0.765. The van der Waals surface area contributed by atoms with Crippen molar-refractivity contribution in [2.24, 2.45) is 0 Å². The van der Waals surface area contributed by atoms with E-state index in [4.69, 9.17) is 9.47 Å². The summed E-state index contributed by atoms with van der Waals surface area (Å²) in [5, 5.41) is 2.57. The van der Waals surface area contributed by atoms with E-state index in [1.165, 1.54) is 0 Å². The molecule has 2 aromatic rings. The van der Waals surface area contributed by atoms with Crippen LogP contribution >= 0.6 is 0 Å². The lowest BCUT2D eigenvalue weighted by atomic mass is 10.1. The number of amides is 1. The molecule has 0 spiro atoms. The second-order valence-corrected chi connectivity index (χ2v) is 7.01. The van der Waals surface area contributed by atoms with Crippen LogP contribution in [0.4, 0.5) is 4.79 Å². The Morgan fingerprint density at radius 1 is 1.04 bits per heavy atom. The highest BCUT2D eigenvalue weighted by atomic mass is 16.6. The van der Waals surface area contributed by atoms with Gasteiger partial charge in [-0.1, -0.05) is 42.5 Å². The molecule has 138 valence electrons. The standard InChI is InChI=1S/C21H25NO4/c1-21(2,3)26-20(24)22-18(14-23)13-16-9-11-19(12-10-16)25-15-17-7-5-4-6-8-17/h4-12,14,18H,13,15H2,1-3H3,(H,22,24). The number of alkyl carbamates (subject to hydrolysis) is 1. The highest BCUT2D eigenvalue weighted by Crippen LogP contribution is 2.15. The fourth-order valence-corrected chi connectivity index (χ4v) is 2.31. The molecule has 0 radical (unpaired) electrons. The van der Waals surface area contributed by atoms with Crippen molar-refractivity contribution >= 4 is 12.4 Å². The Labute approximate surface area is 154 Å². The van der Waals surface area contributed by atoms with Gasteiger partial charge in [0.05, 0.1) is 6.04 Å². The summed E-state index contributed by atoms with van der Waals surface area (Å²) < 4.78 is 10.9. The van der Waals surface area contributed by atoms with E-state index >= 15 is 0 Å². The van der Waals surface area contributed by atoms with Gasteiger partial charge in [-0.05, 0) is 50.5 Å². The van der Waals surface area contributed by atoms with Crippen molar-refractivity contribution in [1.82, 2.24) is 5.32 Å². The molecule has 2 aromatic carbocycles. The summed E-state index contributed by atoms with van der Waals surface area (Å²) >= 11 is 0. The third-order valence-electron chi connectivity index (χ3n) is 3.49. The molecule has 5 heteroatoms. The first-order chi connectivity index (χ1) is 12.4. The van der Waals surface area contributed by atoms with Gasteiger partial charge in [0.1, 0.15) is 24.2 Å². The van der Waals surface area contributed by atoms with Gasteiger partial charge in [0.2, 0.25) is 0 Å². The number of carbonyl (C=O) groups excluding carboxylic acids is 2. The lowest BCUT2D eigenvalue weighted by Crippen LogP contribution is -2.41. The molecular formula is C21H25NO4. The fourth-order valence-electron chi connectivity index (χ4n) is 2.31. The van der Waals surface area contributed by atoms with Crippen LogP contribution in [0.5, 0.6) is 5.75 Å². The Morgan fingerprint density at radius 2 is 1.69 bits per heavy atom. The SMILES string of the molecule is CC(C)(C)OC(=O)NC(C=O)Cc1ccc(OCc2ccccc2)cc1. The van der Waals surface area contributed by atoms with Crippen LogP contribution in [-0.2, 0) is 22.6 Å². The van der Waals surface area contributed by atoms with Crippen molar-refractivity contribution in [2.45, 2.75) is 45.4 Å². The van der Waals surface area contributed by atoms with Crippen molar-refractivity contribution in [3.05, 3.63) is 65.7 Å². The Balaban J connectivity index is 1.86. The first kappa shape index (κ1) is 19.5. The van der Waals surface area contributed by atoms with Crippen molar-refractivity contribution in [1.29, 1.82) is 0 Å². The molecule has 0 heterocycles. The smallest absolute Gasteiger partial charge is 0.408 e. The molecule has 1 amide bonds. The molecular weight excluding hydrogens is 330 g/mol. The van der Waals surface area contributed by atoms with Crippen LogP contribution < -0.4 is 10.1 Å². The predicted molar refractivity (Wildman–Crippen MR) is 100 cm³/mol. The maximum absolute atomic E-state index is 11.8. The zero-order chi connectivity index (χ0) is 19.0. The summed E-state index contributed by atoms with van der Waals surface area (Å²) in [6.45, 7) is 5.82. The van der Waals surface area contributed by atoms with Gasteiger partial charge < -0.3 is 19.6 Å². The van der Waals surface area contributed by atoms with Gasteiger partial charge in [-0.2, -0.15) is 0 Å². The number of carbonyl (C=O) groups is 2. The number of benzene rings is 2. The Morgan fingerprint density at radius 3 is 2.27 bits per heavy atom. The van der Waals surface area contributed by atoms with Crippen LogP contribution in [0.15, 0.2) is 54.6 Å². The minimum atomic E-state index is -0.638. The molecule has 0 aliphatic carbocycles. The fraction of sp³-hybridized carbons (Fsp3) is 0.333. The molecule has 0 aliphatic rings. The highest BCUT2D eigenvalue weighted by Gasteiger charge is 2.19. The molecule has 0 saturated carbocycles. The third-order valence-corrected chi connectivity index (χ3v) is 3.49. The highest BCUT2D eigenvalue weighted by molar-refractivity contribution is 5.73. The van der Waals surface area contributed by atoms with Gasteiger partial charge >= 0.3 is 6.09 Å². The van der Waals surface area contributed by atoms with Crippen LogP contribution in [0.3, 0.4) is 0 Å². The average molecular weight is 355 g/mol. The number of hydrogen-bond acceptors (Lipinski definition) is 4. The molecule has 0 fully saturated rings. The van der Waals surface area contributed by atoms with E-state index in [1.54, 1.807) is 20.8 Å². The number of ether oxygens (including phenoxy) is 2. The Bertz CT molecular complexity index is 705. The minimum absolute atomic E-state index is 0.391. The van der Waals surface area contributed by atoms with Crippen molar-refractivity contribution in [3.8, 4) is 5.75 Å². The average Bonchev–Trinajstić information content (AvgIpc) is 2.60. The summed E-state index contributed by atoms with van der Waals surface area (Å²) in [4.78, 5) is 23.0. The summed E-state index contributed by atoms with van der Waals surface area (Å²) in [6, 6.07) is 16.8. The third kappa shape index (κ3) is 6.97. The van der Waals surface area contributed by atoms with E-state index in [2.05, 4.69) is 5.32 Å². The minimum Gasteiger partial charge on any atom is -0.489 e. The summed E-state index contributed by atoms with van der Waals surface area (Å²) in [6.07, 6.45) is 0.503. The normalized spacial score (nSPS) is 12.1. The van der Waals surface area contributed by atoms with E-state index in [9.17, 15) is 9.59 Å². The number of hydrogen-bond donors (Lipinski definition) is 1. The molecule has 1 N–H and O–H groups in total. The summed E-state index contributed by atoms with van der Waals surface area (Å²) in [5.74, 6) is 0.750. The molecule has 1 atom stereocenters. The van der Waals surface area contributed by atoms with Crippen molar-refractivity contribution < 1.29 is 19.1 Å². The zero-order valence-electron chi connectivity index (χ0n) is 15.4. The summed E-state index contributed by atoms with van der Waals surface area (Å²) in [7, 11) is 0. The molecule has 0 aliphatic heterocycles. The van der Waals surface area contributed by atoms with Crippen LogP contribution in [0.25, 0.3) is 0 Å². The van der Waals surface area contributed by atoms with Crippen molar-refractivity contribution in [2.75, 3.05) is 0 Å². The van der Waals surface area contributed by atoms with Crippen LogP contribution in [0.1, 0.15) is 31.9 Å². The van der Waals surface area contributed by atoms with Crippen LogP contribution in [0, 0.1) is 0 Å². The van der Waals surface area contributed by atoms with E-state index in [1.807, 2.05) is 54.6 Å². The van der Waals surface area contributed by atoms with Gasteiger partial charge in [0.25, 0.3) is 0 Å². The summed E-state index contributed by atoms with van der Waals surface area (Å²) in [5.41, 5.74) is 1.42. The molecule has 2 rings (SSSR count). The largest absolute Gasteiger partial charge is 0.489 e. The van der Waals surface area contributed by atoms with Crippen LogP contribution in [0.2, 0.25) is 0 Å². The van der Waals surface area contributed by atoms with Gasteiger partial charge in [0.15, 0.2) is 0 Å². The van der Waals surface area contributed by atoms with E-state index in [-0.39, 0.29) is 0 Å². The van der Waals surface area contributed by atoms with Gasteiger partial charge in [-0.15, -0.1) is 0 Å². The lowest BCUT2D eigenvalue weighted by Gasteiger charge is -2.21. The Hall–Kier alpha value is -2.82. The molecule has 5 nitrogen and oxygen atoms in total. The lowest BCUT2D eigenvalue weighted by molar-refractivity contribution is -0.109.